The zero-order valence-electron chi connectivity index (χ0n) is 13.8. The van der Waals surface area contributed by atoms with Crippen molar-refractivity contribution < 1.29 is 14.6 Å². The van der Waals surface area contributed by atoms with Gasteiger partial charge in [0, 0.05) is 18.5 Å². The first-order chi connectivity index (χ1) is 11.1. The Morgan fingerprint density at radius 1 is 1.26 bits per heavy atom. The van der Waals surface area contributed by atoms with E-state index in [9.17, 15) is 5.11 Å². The van der Waals surface area contributed by atoms with E-state index in [0.717, 1.165) is 33.9 Å². The molecule has 0 saturated heterocycles. The summed E-state index contributed by atoms with van der Waals surface area (Å²) >= 11 is 0. The second-order valence-electron chi connectivity index (χ2n) is 5.99. The van der Waals surface area contributed by atoms with Gasteiger partial charge >= 0.3 is 0 Å². The van der Waals surface area contributed by atoms with Crippen LogP contribution in [0.5, 0.6) is 11.5 Å². The first-order valence-electron chi connectivity index (χ1n) is 7.92. The van der Waals surface area contributed by atoms with Crippen LogP contribution in [-0.2, 0) is 6.54 Å². The van der Waals surface area contributed by atoms with Gasteiger partial charge in [0.1, 0.15) is 11.5 Å². The van der Waals surface area contributed by atoms with E-state index in [0.29, 0.717) is 19.6 Å². The largest absolute Gasteiger partial charge is 0.496 e. The summed E-state index contributed by atoms with van der Waals surface area (Å²) in [6, 6.07) is 10.1. The van der Waals surface area contributed by atoms with E-state index in [2.05, 4.69) is 31.3 Å². The number of anilines is 1. The van der Waals surface area contributed by atoms with E-state index < -0.39 is 6.10 Å². The number of ether oxygens (including phenoxy) is 2. The summed E-state index contributed by atoms with van der Waals surface area (Å²) in [5, 5.41) is 13.5. The van der Waals surface area contributed by atoms with E-state index in [1.54, 1.807) is 7.11 Å². The van der Waals surface area contributed by atoms with Crippen LogP contribution in [0.1, 0.15) is 34.8 Å². The van der Waals surface area contributed by atoms with Crippen molar-refractivity contribution in [2.45, 2.75) is 32.9 Å². The van der Waals surface area contributed by atoms with Crippen LogP contribution in [0.2, 0.25) is 0 Å². The van der Waals surface area contributed by atoms with Gasteiger partial charge in [0.05, 0.1) is 25.5 Å². The smallest absolute Gasteiger partial charge is 0.148 e. The van der Waals surface area contributed by atoms with Gasteiger partial charge in [-0.25, -0.2) is 0 Å². The Morgan fingerprint density at radius 3 is 2.70 bits per heavy atom. The van der Waals surface area contributed by atoms with Crippen molar-refractivity contribution in [3.63, 3.8) is 0 Å². The molecule has 0 fully saturated rings. The fourth-order valence-electron chi connectivity index (χ4n) is 3.21. The number of hydrogen-bond donors (Lipinski definition) is 2. The van der Waals surface area contributed by atoms with E-state index >= 15 is 0 Å². The van der Waals surface area contributed by atoms with Gasteiger partial charge in [0.2, 0.25) is 0 Å². The van der Waals surface area contributed by atoms with Crippen LogP contribution in [-0.4, -0.2) is 18.8 Å². The van der Waals surface area contributed by atoms with Crippen LogP contribution in [0.4, 0.5) is 5.69 Å². The molecular weight excluding hydrogens is 290 g/mol. The third kappa shape index (κ3) is 3.13. The number of methoxy groups -OCH3 is 1. The van der Waals surface area contributed by atoms with Gasteiger partial charge in [0.15, 0.2) is 0 Å². The highest BCUT2D eigenvalue weighted by atomic mass is 16.5. The second-order valence-corrected chi connectivity index (χ2v) is 5.99. The maximum absolute atomic E-state index is 10.1. The molecule has 1 unspecified atom stereocenters. The first kappa shape index (κ1) is 15.7. The van der Waals surface area contributed by atoms with Crippen molar-refractivity contribution in [2.24, 2.45) is 0 Å². The Labute approximate surface area is 137 Å². The molecule has 0 saturated carbocycles. The molecule has 2 aromatic carbocycles. The molecule has 3 rings (SSSR count). The van der Waals surface area contributed by atoms with Gasteiger partial charge < -0.3 is 19.9 Å². The predicted molar refractivity (Wildman–Crippen MR) is 91.3 cm³/mol. The summed E-state index contributed by atoms with van der Waals surface area (Å²) in [5.74, 6) is 1.71. The van der Waals surface area contributed by atoms with Gasteiger partial charge in [-0.05, 0) is 36.6 Å². The third-order valence-corrected chi connectivity index (χ3v) is 4.25. The number of aryl methyl sites for hydroxylation is 2. The molecule has 0 radical (unpaired) electrons. The number of rotatable bonds is 4. The van der Waals surface area contributed by atoms with Crippen LogP contribution in [0, 0.1) is 13.8 Å². The second kappa shape index (κ2) is 6.50. The monoisotopic (exact) mass is 313 g/mol. The number of aliphatic hydroxyl groups excluding tert-OH is 1. The molecule has 2 aromatic rings. The van der Waals surface area contributed by atoms with Crippen molar-refractivity contribution >= 4 is 5.69 Å². The normalized spacial score (nSPS) is 16.4. The minimum absolute atomic E-state index is 0.439. The number of benzene rings is 2. The van der Waals surface area contributed by atoms with E-state index in [1.807, 2.05) is 18.2 Å². The SMILES string of the molecule is COc1c(C)cc(CNc2cccc3c2OCCC3O)cc1C. The van der Waals surface area contributed by atoms with Crippen LogP contribution in [0.15, 0.2) is 30.3 Å². The lowest BCUT2D eigenvalue weighted by Crippen LogP contribution is -2.15. The quantitative estimate of drug-likeness (QED) is 0.903. The molecule has 4 nitrogen and oxygen atoms in total. The van der Waals surface area contributed by atoms with Crippen LogP contribution >= 0.6 is 0 Å². The standard InChI is InChI=1S/C19H23NO3/c1-12-9-14(10-13(2)18(12)22-3)11-20-16-6-4-5-15-17(21)7-8-23-19(15)16/h4-6,9-10,17,20-21H,7-8,11H2,1-3H3. The number of aliphatic hydroxyl groups is 1. The summed E-state index contributed by atoms with van der Waals surface area (Å²) in [4.78, 5) is 0. The highest BCUT2D eigenvalue weighted by Gasteiger charge is 2.21. The Bertz CT molecular complexity index is 689. The van der Waals surface area contributed by atoms with Gasteiger partial charge in [-0.3, -0.25) is 0 Å². The first-order valence-corrected chi connectivity index (χ1v) is 7.92. The molecule has 0 aliphatic carbocycles. The average molecular weight is 313 g/mol. The molecule has 0 aromatic heterocycles. The lowest BCUT2D eigenvalue weighted by Gasteiger charge is -2.24. The van der Waals surface area contributed by atoms with Crippen molar-refractivity contribution in [1.82, 2.24) is 0 Å². The molecule has 1 heterocycles. The van der Waals surface area contributed by atoms with Crippen LogP contribution < -0.4 is 14.8 Å². The summed E-state index contributed by atoms with van der Waals surface area (Å²) in [6.07, 6.45) is 0.207. The zero-order valence-corrected chi connectivity index (χ0v) is 13.8. The van der Waals surface area contributed by atoms with Gasteiger partial charge in [-0.15, -0.1) is 0 Å². The summed E-state index contributed by atoms with van der Waals surface area (Å²) < 4.78 is 11.2. The number of para-hydroxylation sites is 1. The maximum Gasteiger partial charge on any atom is 0.148 e. The molecule has 1 aliphatic heterocycles. The summed E-state index contributed by atoms with van der Waals surface area (Å²) in [7, 11) is 1.70. The summed E-state index contributed by atoms with van der Waals surface area (Å²) in [6.45, 7) is 5.35. The molecule has 2 N–H and O–H groups in total. The predicted octanol–water partition coefficient (Wildman–Crippen LogP) is 3.74. The Kier molecular flexibility index (Phi) is 4.44. The lowest BCUT2D eigenvalue weighted by atomic mass is 10.0. The van der Waals surface area contributed by atoms with Crippen molar-refractivity contribution in [1.29, 1.82) is 0 Å². The molecule has 122 valence electrons. The molecule has 1 atom stereocenters. The van der Waals surface area contributed by atoms with Gasteiger partial charge in [-0.2, -0.15) is 0 Å². The highest BCUT2D eigenvalue weighted by Crippen LogP contribution is 2.38. The maximum atomic E-state index is 10.1. The summed E-state index contributed by atoms with van der Waals surface area (Å²) in [5.41, 5.74) is 5.24. The topological polar surface area (TPSA) is 50.7 Å². The minimum atomic E-state index is -0.439. The fourth-order valence-corrected chi connectivity index (χ4v) is 3.21. The average Bonchev–Trinajstić information content (AvgIpc) is 2.53. The number of hydrogen-bond acceptors (Lipinski definition) is 4. The minimum Gasteiger partial charge on any atom is -0.496 e. The van der Waals surface area contributed by atoms with E-state index in [1.165, 1.54) is 5.56 Å². The molecule has 0 bridgehead atoms. The van der Waals surface area contributed by atoms with Gasteiger partial charge in [-0.1, -0.05) is 24.3 Å². The van der Waals surface area contributed by atoms with Crippen molar-refractivity contribution in [3.05, 3.63) is 52.6 Å². The molecule has 1 aliphatic rings. The molecule has 0 amide bonds. The molecular formula is C19H23NO3. The van der Waals surface area contributed by atoms with E-state index in [-0.39, 0.29) is 0 Å². The van der Waals surface area contributed by atoms with Gasteiger partial charge in [0.25, 0.3) is 0 Å². The fraction of sp³-hybridized carbons (Fsp3) is 0.368. The van der Waals surface area contributed by atoms with Crippen molar-refractivity contribution in [2.75, 3.05) is 19.0 Å². The van der Waals surface area contributed by atoms with Crippen LogP contribution in [0.3, 0.4) is 0 Å². The zero-order chi connectivity index (χ0) is 16.4. The molecule has 23 heavy (non-hydrogen) atoms. The third-order valence-electron chi connectivity index (χ3n) is 4.25. The Hall–Kier alpha value is -2.20. The Balaban J connectivity index is 1.81. The van der Waals surface area contributed by atoms with Crippen LogP contribution in [0.25, 0.3) is 0 Å². The molecule has 0 spiro atoms. The lowest BCUT2D eigenvalue weighted by molar-refractivity contribution is 0.116. The molecule has 4 heteroatoms. The van der Waals surface area contributed by atoms with Crippen molar-refractivity contribution in [3.8, 4) is 11.5 Å². The highest BCUT2D eigenvalue weighted by molar-refractivity contribution is 5.61. The number of fused-ring (bicyclic) bond motifs is 1. The number of nitrogens with one attached hydrogen (secondary N) is 1. The van der Waals surface area contributed by atoms with E-state index in [4.69, 9.17) is 9.47 Å². The Morgan fingerprint density at radius 2 is 2.00 bits per heavy atom.